The average molecular weight is 283 g/mol. The predicted octanol–water partition coefficient (Wildman–Crippen LogP) is 3.14. The number of hydrogen-bond donors (Lipinski definition) is 1. The van der Waals surface area contributed by atoms with E-state index in [9.17, 15) is 4.79 Å². The maximum Gasteiger partial charge on any atom is 0.427 e. The number of para-hydroxylation sites is 1. The van der Waals surface area contributed by atoms with E-state index < -0.39 is 6.09 Å². The summed E-state index contributed by atoms with van der Waals surface area (Å²) in [4.78, 5) is 12.9. The maximum absolute atomic E-state index is 10.8. The molecule has 0 spiro atoms. The monoisotopic (exact) mass is 283 g/mol. The van der Waals surface area contributed by atoms with E-state index in [2.05, 4.69) is 32.3 Å². The number of nitrogens with one attached hydrogen (secondary N) is 1. The van der Waals surface area contributed by atoms with Gasteiger partial charge < -0.3 is 9.64 Å². The highest BCUT2D eigenvalue weighted by Crippen LogP contribution is 2.22. The van der Waals surface area contributed by atoms with Crippen molar-refractivity contribution in [2.24, 2.45) is 5.10 Å². The second-order valence-electron chi connectivity index (χ2n) is 4.35. The minimum Gasteiger partial charge on any atom is -0.452 e. The molecule has 21 heavy (non-hydrogen) atoms. The van der Waals surface area contributed by atoms with Gasteiger partial charge in [0.05, 0.1) is 13.3 Å². The summed E-state index contributed by atoms with van der Waals surface area (Å²) in [6.07, 6.45) is 0.968. The number of nitrogens with zero attached hydrogens (tertiary/aromatic N) is 2. The number of amides is 1. The van der Waals surface area contributed by atoms with Crippen LogP contribution in [-0.4, -0.2) is 26.5 Å². The van der Waals surface area contributed by atoms with E-state index in [1.54, 1.807) is 6.21 Å². The van der Waals surface area contributed by atoms with Crippen LogP contribution in [0.1, 0.15) is 5.56 Å². The molecule has 108 valence electrons. The SMILES string of the molecule is COC(=O)N/N=C/c1ccc(N(C)c2ccccc2)cc1. The number of rotatable bonds is 4. The quantitative estimate of drug-likeness (QED) is 0.692. The van der Waals surface area contributed by atoms with Gasteiger partial charge in [0.25, 0.3) is 0 Å². The molecule has 2 rings (SSSR count). The Morgan fingerprint density at radius 2 is 1.71 bits per heavy atom. The molecule has 2 aromatic rings. The van der Waals surface area contributed by atoms with Gasteiger partial charge in [0.2, 0.25) is 0 Å². The second kappa shape index (κ2) is 7.09. The van der Waals surface area contributed by atoms with Gasteiger partial charge in [0.15, 0.2) is 0 Å². The third-order valence-corrected chi connectivity index (χ3v) is 2.98. The van der Waals surface area contributed by atoms with E-state index in [0.717, 1.165) is 16.9 Å². The molecule has 0 unspecified atom stereocenters. The molecule has 0 aliphatic heterocycles. The lowest BCUT2D eigenvalue weighted by Crippen LogP contribution is -2.16. The third-order valence-electron chi connectivity index (χ3n) is 2.98. The zero-order chi connectivity index (χ0) is 15.1. The molecule has 1 amide bonds. The van der Waals surface area contributed by atoms with Crippen LogP contribution in [0.5, 0.6) is 0 Å². The van der Waals surface area contributed by atoms with Crippen molar-refractivity contribution in [1.29, 1.82) is 0 Å². The molecular weight excluding hydrogens is 266 g/mol. The first-order chi connectivity index (χ1) is 10.2. The van der Waals surface area contributed by atoms with Crippen molar-refractivity contribution in [2.75, 3.05) is 19.1 Å². The number of hydrazone groups is 1. The third kappa shape index (κ3) is 4.07. The maximum atomic E-state index is 10.8. The van der Waals surface area contributed by atoms with Crippen LogP contribution >= 0.6 is 0 Å². The molecule has 2 aromatic carbocycles. The summed E-state index contributed by atoms with van der Waals surface area (Å²) in [7, 11) is 3.30. The van der Waals surface area contributed by atoms with Gasteiger partial charge in [-0.15, -0.1) is 0 Å². The Morgan fingerprint density at radius 3 is 2.33 bits per heavy atom. The van der Waals surface area contributed by atoms with E-state index >= 15 is 0 Å². The number of carbonyl (C=O) groups is 1. The van der Waals surface area contributed by atoms with Crippen molar-refractivity contribution in [3.05, 3.63) is 60.2 Å². The molecule has 0 atom stereocenters. The number of hydrogen-bond acceptors (Lipinski definition) is 4. The summed E-state index contributed by atoms with van der Waals surface area (Å²) in [6, 6.07) is 17.9. The van der Waals surface area contributed by atoms with Crippen molar-refractivity contribution < 1.29 is 9.53 Å². The Kier molecular flexibility index (Phi) is 4.93. The van der Waals surface area contributed by atoms with Gasteiger partial charge in [-0.25, -0.2) is 10.2 Å². The first kappa shape index (κ1) is 14.6. The standard InChI is InChI=1S/C16H17N3O2/c1-19(14-6-4-3-5-7-14)15-10-8-13(9-11-15)12-17-18-16(20)21-2/h3-12H,1-2H3,(H,18,20)/b17-12+. The summed E-state index contributed by atoms with van der Waals surface area (Å²) in [5.74, 6) is 0. The fourth-order valence-corrected chi connectivity index (χ4v) is 1.79. The first-order valence-electron chi connectivity index (χ1n) is 6.46. The Labute approximate surface area is 123 Å². The Morgan fingerprint density at radius 1 is 1.10 bits per heavy atom. The van der Waals surface area contributed by atoms with Gasteiger partial charge in [-0.3, -0.25) is 0 Å². The smallest absolute Gasteiger partial charge is 0.427 e. The van der Waals surface area contributed by atoms with Crippen LogP contribution in [-0.2, 0) is 4.74 Å². The Hall–Kier alpha value is -2.82. The lowest BCUT2D eigenvalue weighted by molar-refractivity contribution is 0.171. The lowest BCUT2D eigenvalue weighted by atomic mass is 10.2. The molecule has 0 fully saturated rings. The van der Waals surface area contributed by atoms with Crippen LogP contribution in [0, 0.1) is 0 Å². The number of ether oxygens (including phenoxy) is 1. The lowest BCUT2D eigenvalue weighted by Gasteiger charge is -2.19. The van der Waals surface area contributed by atoms with Crippen LogP contribution in [0.4, 0.5) is 16.2 Å². The van der Waals surface area contributed by atoms with Crippen molar-refractivity contribution in [1.82, 2.24) is 5.43 Å². The summed E-state index contributed by atoms with van der Waals surface area (Å²) >= 11 is 0. The minimum absolute atomic E-state index is 0.591. The van der Waals surface area contributed by atoms with E-state index in [1.165, 1.54) is 7.11 Å². The number of carbonyl (C=O) groups excluding carboxylic acids is 1. The van der Waals surface area contributed by atoms with E-state index in [1.807, 2.05) is 49.5 Å². The highest BCUT2D eigenvalue weighted by Gasteiger charge is 2.02. The van der Waals surface area contributed by atoms with Gasteiger partial charge in [-0.1, -0.05) is 30.3 Å². The fraction of sp³-hybridized carbons (Fsp3) is 0.125. The van der Waals surface area contributed by atoms with Gasteiger partial charge in [-0.05, 0) is 29.8 Å². The molecule has 5 nitrogen and oxygen atoms in total. The van der Waals surface area contributed by atoms with Crippen molar-refractivity contribution in [3.8, 4) is 0 Å². The molecule has 5 heteroatoms. The van der Waals surface area contributed by atoms with E-state index in [0.29, 0.717) is 0 Å². The molecule has 0 heterocycles. The molecule has 0 aliphatic rings. The van der Waals surface area contributed by atoms with Crippen molar-refractivity contribution in [3.63, 3.8) is 0 Å². The molecule has 0 saturated heterocycles. The van der Waals surface area contributed by atoms with Gasteiger partial charge in [0, 0.05) is 18.4 Å². The van der Waals surface area contributed by atoms with Gasteiger partial charge in [-0.2, -0.15) is 5.10 Å². The highest BCUT2D eigenvalue weighted by molar-refractivity contribution is 5.81. The highest BCUT2D eigenvalue weighted by atomic mass is 16.5. The molecule has 0 bridgehead atoms. The fourth-order valence-electron chi connectivity index (χ4n) is 1.79. The minimum atomic E-state index is -0.591. The molecule has 0 aromatic heterocycles. The summed E-state index contributed by atoms with van der Waals surface area (Å²) in [5.41, 5.74) is 5.31. The van der Waals surface area contributed by atoms with Crippen LogP contribution in [0.25, 0.3) is 0 Å². The normalized spacial score (nSPS) is 10.4. The Bertz CT molecular complexity index is 609. The van der Waals surface area contributed by atoms with Crippen LogP contribution in [0.15, 0.2) is 59.7 Å². The second-order valence-corrected chi connectivity index (χ2v) is 4.35. The molecule has 1 N–H and O–H groups in total. The summed E-state index contributed by atoms with van der Waals surface area (Å²) in [6.45, 7) is 0. The van der Waals surface area contributed by atoms with Crippen LogP contribution < -0.4 is 10.3 Å². The number of anilines is 2. The van der Waals surface area contributed by atoms with E-state index in [-0.39, 0.29) is 0 Å². The topological polar surface area (TPSA) is 53.9 Å². The average Bonchev–Trinajstić information content (AvgIpc) is 2.55. The number of methoxy groups -OCH3 is 1. The summed E-state index contributed by atoms with van der Waals surface area (Å²) in [5, 5.41) is 3.78. The molecule has 0 radical (unpaired) electrons. The predicted molar refractivity (Wildman–Crippen MR) is 84.1 cm³/mol. The molecule has 0 aliphatic carbocycles. The van der Waals surface area contributed by atoms with Crippen molar-refractivity contribution in [2.45, 2.75) is 0 Å². The van der Waals surface area contributed by atoms with Crippen molar-refractivity contribution >= 4 is 23.7 Å². The first-order valence-corrected chi connectivity index (χ1v) is 6.46. The zero-order valence-corrected chi connectivity index (χ0v) is 12.0. The van der Waals surface area contributed by atoms with Gasteiger partial charge >= 0.3 is 6.09 Å². The number of benzene rings is 2. The molecular formula is C16H17N3O2. The Balaban J connectivity index is 2.03. The largest absolute Gasteiger partial charge is 0.452 e. The summed E-state index contributed by atoms with van der Waals surface area (Å²) < 4.78 is 4.42. The van der Waals surface area contributed by atoms with Crippen LogP contribution in [0.3, 0.4) is 0 Å². The van der Waals surface area contributed by atoms with Crippen LogP contribution in [0.2, 0.25) is 0 Å². The van der Waals surface area contributed by atoms with Gasteiger partial charge in [0.1, 0.15) is 0 Å². The molecule has 0 saturated carbocycles. The zero-order valence-electron chi connectivity index (χ0n) is 12.0. The van der Waals surface area contributed by atoms with E-state index in [4.69, 9.17) is 0 Å².